The van der Waals surface area contributed by atoms with Gasteiger partial charge in [0.1, 0.15) is 61.0 Å². The molecule has 0 radical (unpaired) electrons. The Hall–Kier alpha value is -3.04. The molecule has 2 aliphatic rings. The fourth-order valence-electron chi connectivity index (χ4n) is 5.11. The van der Waals surface area contributed by atoms with E-state index in [4.69, 9.17) is 9.47 Å². The van der Waals surface area contributed by atoms with Crippen LogP contribution in [0.5, 0.6) is 0 Å². The fraction of sp³-hybridized carbons (Fsp3) is 0.448. The number of aryl methyl sites for hydroxylation is 1. The minimum atomic E-state index is -1.50. The summed E-state index contributed by atoms with van der Waals surface area (Å²) in [5.74, 6) is 11.4. The lowest BCUT2D eigenvalue weighted by Crippen LogP contribution is -2.58. The molecule has 10 atom stereocenters. The number of benzene rings is 2. The lowest BCUT2D eigenvalue weighted by Gasteiger charge is -2.37. The van der Waals surface area contributed by atoms with Crippen LogP contribution in [0.1, 0.15) is 11.1 Å². The predicted molar refractivity (Wildman–Crippen MR) is 142 cm³/mol. The Morgan fingerprint density at radius 3 is 1.40 bits per heavy atom. The van der Waals surface area contributed by atoms with Gasteiger partial charge in [0.25, 0.3) is 0 Å². The molecular weight excluding hydrogens is 522 g/mol. The van der Waals surface area contributed by atoms with Gasteiger partial charge in [-0.25, -0.2) is 0 Å². The van der Waals surface area contributed by atoms with E-state index in [1.54, 1.807) is 0 Å². The Morgan fingerprint density at radius 1 is 0.625 bits per heavy atom. The monoisotopic (exact) mass is 553 g/mol. The van der Waals surface area contributed by atoms with Crippen molar-refractivity contribution in [3.8, 4) is 23.7 Å². The molecule has 2 aliphatic heterocycles. The molecule has 8 N–H and O–H groups in total. The number of hydrogen-bond donors (Lipinski definition) is 8. The summed E-state index contributed by atoms with van der Waals surface area (Å²) in [4.78, 5) is 0. The summed E-state index contributed by atoms with van der Waals surface area (Å²) >= 11 is 0. The SMILES string of the molecule is Cn1c2cc(C#CC3OC(CO)C(O)C(O)C3O)ccc2c2ccc(C#CC3OC(CO)C(O)C(O)C3O)cc21. The van der Waals surface area contributed by atoms with Crippen LogP contribution in [-0.2, 0) is 16.5 Å². The molecule has 212 valence electrons. The minimum absolute atomic E-state index is 0.528. The molecule has 2 aromatic carbocycles. The molecule has 10 unspecified atom stereocenters. The first-order chi connectivity index (χ1) is 19.1. The van der Waals surface area contributed by atoms with Crippen LogP contribution in [0.4, 0.5) is 0 Å². The van der Waals surface area contributed by atoms with Gasteiger partial charge in [0.05, 0.1) is 24.2 Å². The Morgan fingerprint density at radius 2 is 1.02 bits per heavy atom. The standard InChI is InChI=1S/C29H31NO10/c1-30-18-10-14(4-8-20-24(33)28(37)26(35)22(12-31)39-20)2-6-16(18)17-7-3-15(11-19(17)30)5-9-21-25(34)29(38)27(36)23(13-32)40-21/h2-3,6-7,10-11,20-29,31-38H,12-13H2,1H3. The van der Waals surface area contributed by atoms with Crippen molar-refractivity contribution in [2.75, 3.05) is 13.2 Å². The summed E-state index contributed by atoms with van der Waals surface area (Å²) in [6.45, 7) is -1.06. The molecule has 3 heterocycles. The molecule has 3 aromatic rings. The highest BCUT2D eigenvalue weighted by Crippen LogP contribution is 2.30. The molecule has 11 heteroatoms. The number of aromatic nitrogens is 1. The maximum atomic E-state index is 10.2. The van der Waals surface area contributed by atoms with E-state index in [1.807, 2.05) is 48.0 Å². The summed E-state index contributed by atoms with van der Waals surface area (Å²) in [5, 5.41) is 81.0. The number of ether oxygens (including phenoxy) is 2. The lowest BCUT2D eigenvalue weighted by atomic mass is 9.95. The molecule has 1 aromatic heterocycles. The van der Waals surface area contributed by atoms with Crippen LogP contribution < -0.4 is 0 Å². The highest BCUT2D eigenvalue weighted by molar-refractivity contribution is 6.08. The van der Waals surface area contributed by atoms with Crippen molar-refractivity contribution in [1.29, 1.82) is 0 Å². The van der Waals surface area contributed by atoms with Crippen molar-refractivity contribution in [3.05, 3.63) is 47.5 Å². The Balaban J connectivity index is 1.41. The van der Waals surface area contributed by atoms with Gasteiger partial charge in [0, 0.05) is 28.9 Å². The van der Waals surface area contributed by atoms with Crippen molar-refractivity contribution >= 4 is 21.8 Å². The normalized spacial score (nSPS) is 34.2. The zero-order valence-electron chi connectivity index (χ0n) is 21.5. The van der Waals surface area contributed by atoms with Crippen LogP contribution >= 0.6 is 0 Å². The predicted octanol–water partition coefficient (Wildman–Crippen LogP) is -2.28. The number of aliphatic hydroxyl groups excluding tert-OH is 8. The molecule has 0 saturated carbocycles. The maximum Gasteiger partial charge on any atom is 0.147 e. The van der Waals surface area contributed by atoms with E-state index in [1.165, 1.54) is 0 Å². The average molecular weight is 554 g/mol. The average Bonchev–Trinajstić information content (AvgIpc) is 3.24. The van der Waals surface area contributed by atoms with Crippen LogP contribution in [0.2, 0.25) is 0 Å². The highest BCUT2D eigenvalue weighted by Gasteiger charge is 2.43. The summed E-state index contributed by atoms with van der Waals surface area (Å²) in [5.41, 5.74) is 2.99. The molecule has 0 aliphatic carbocycles. The number of hydrogen-bond acceptors (Lipinski definition) is 10. The van der Waals surface area contributed by atoms with Gasteiger partial charge in [-0.05, 0) is 24.3 Å². The third kappa shape index (κ3) is 5.09. The van der Waals surface area contributed by atoms with Crippen LogP contribution in [-0.4, -0.2) is 120 Å². The fourth-order valence-corrected chi connectivity index (χ4v) is 5.11. The summed E-state index contributed by atoms with van der Waals surface area (Å²) in [7, 11) is 1.88. The van der Waals surface area contributed by atoms with Gasteiger partial charge in [0.2, 0.25) is 0 Å². The number of rotatable bonds is 2. The van der Waals surface area contributed by atoms with E-state index in [2.05, 4.69) is 23.7 Å². The second-order valence-electron chi connectivity index (χ2n) is 10.1. The van der Waals surface area contributed by atoms with E-state index in [-0.39, 0.29) is 0 Å². The third-order valence-corrected chi connectivity index (χ3v) is 7.51. The lowest BCUT2D eigenvalue weighted by molar-refractivity contribution is -0.214. The second-order valence-corrected chi connectivity index (χ2v) is 10.1. The van der Waals surface area contributed by atoms with Gasteiger partial charge in [-0.2, -0.15) is 0 Å². The van der Waals surface area contributed by atoms with Gasteiger partial charge in [-0.1, -0.05) is 35.8 Å². The quantitative estimate of drug-likeness (QED) is 0.161. The number of nitrogens with zero attached hydrogens (tertiary/aromatic N) is 1. The first kappa shape index (κ1) is 28.5. The molecule has 0 spiro atoms. The minimum Gasteiger partial charge on any atom is -0.394 e. The molecule has 2 saturated heterocycles. The van der Waals surface area contributed by atoms with E-state index in [9.17, 15) is 40.9 Å². The van der Waals surface area contributed by atoms with Gasteiger partial charge in [-0.3, -0.25) is 0 Å². The van der Waals surface area contributed by atoms with E-state index >= 15 is 0 Å². The highest BCUT2D eigenvalue weighted by atomic mass is 16.5. The summed E-state index contributed by atoms with van der Waals surface area (Å²) in [6, 6.07) is 11.2. The van der Waals surface area contributed by atoms with Crippen LogP contribution in [0.3, 0.4) is 0 Å². The summed E-state index contributed by atoms with van der Waals surface area (Å²) < 4.78 is 12.9. The van der Waals surface area contributed by atoms with Crippen molar-refractivity contribution in [3.63, 3.8) is 0 Å². The zero-order valence-corrected chi connectivity index (χ0v) is 21.5. The van der Waals surface area contributed by atoms with Crippen LogP contribution in [0.25, 0.3) is 21.8 Å². The molecule has 40 heavy (non-hydrogen) atoms. The Kier molecular flexibility index (Phi) is 8.15. The number of aliphatic hydroxyl groups is 8. The van der Waals surface area contributed by atoms with Crippen molar-refractivity contribution in [2.45, 2.75) is 61.0 Å². The topological polar surface area (TPSA) is 185 Å². The Bertz CT molecular complexity index is 1400. The van der Waals surface area contributed by atoms with Gasteiger partial charge in [-0.15, -0.1) is 0 Å². The van der Waals surface area contributed by atoms with Gasteiger partial charge in [0.15, 0.2) is 0 Å². The third-order valence-electron chi connectivity index (χ3n) is 7.51. The maximum absolute atomic E-state index is 10.2. The zero-order chi connectivity index (χ0) is 28.7. The molecule has 11 nitrogen and oxygen atoms in total. The molecule has 0 amide bonds. The molecular formula is C29H31NO10. The van der Waals surface area contributed by atoms with Crippen LogP contribution in [0, 0.1) is 23.7 Å². The largest absolute Gasteiger partial charge is 0.394 e. The van der Waals surface area contributed by atoms with Gasteiger partial charge < -0.3 is 54.9 Å². The van der Waals surface area contributed by atoms with Crippen LogP contribution in [0.15, 0.2) is 36.4 Å². The van der Waals surface area contributed by atoms with Crippen molar-refractivity contribution in [2.24, 2.45) is 7.05 Å². The molecule has 0 bridgehead atoms. The number of fused-ring (bicyclic) bond motifs is 3. The first-order valence-corrected chi connectivity index (χ1v) is 12.8. The molecule has 5 rings (SSSR count). The first-order valence-electron chi connectivity index (χ1n) is 12.8. The smallest absolute Gasteiger partial charge is 0.147 e. The summed E-state index contributed by atoms with van der Waals surface area (Å²) in [6.07, 6.45) is -13.0. The Labute approximate surface area is 229 Å². The molecule has 2 fully saturated rings. The second kappa shape index (κ2) is 11.4. The van der Waals surface area contributed by atoms with E-state index < -0.39 is 74.3 Å². The van der Waals surface area contributed by atoms with E-state index in [0.717, 1.165) is 21.8 Å². The van der Waals surface area contributed by atoms with Gasteiger partial charge >= 0.3 is 0 Å². The van der Waals surface area contributed by atoms with Crippen molar-refractivity contribution < 1.29 is 50.3 Å². The van der Waals surface area contributed by atoms with E-state index in [0.29, 0.717) is 11.1 Å². The van der Waals surface area contributed by atoms with Crippen molar-refractivity contribution in [1.82, 2.24) is 4.57 Å².